The van der Waals surface area contributed by atoms with E-state index < -0.39 is 30.4 Å². The van der Waals surface area contributed by atoms with Crippen molar-refractivity contribution in [3.8, 4) is 16.9 Å². The SMILES string of the molecule is FCC=CCCC1CCC(c2ccc(-c3cc(F)c(OC(F)(F)F)c(F)c3)cc2)CC1. The maximum Gasteiger partial charge on any atom is 0.573 e. The molecule has 0 unspecified atom stereocenters. The Bertz CT molecular complexity index is 857. The molecule has 0 saturated heterocycles. The van der Waals surface area contributed by atoms with Gasteiger partial charge >= 0.3 is 6.36 Å². The number of alkyl halides is 4. The smallest absolute Gasteiger partial charge is 0.399 e. The zero-order valence-corrected chi connectivity index (χ0v) is 16.9. The first-order chi connectivity index (χ1) is 14.8. The van der Waals surface area contributed by atoms with Gasteiger partial charge in [0.25, 0.3) is 0 Å². The van der Waals surface area contributed by atoms with Crippen LogP contribution in [0.5, 0.6) is 5.75 Å². The number of hydrogen-bond donors (Lipinski definition) is 0. The average Bonchev–Trinajstić information content (AvgIpc) is 2.74. The molecule has 1 aliphatic rings. The van der Waals surface area contributed by atoms with E-state index in [-0.39, 0.29) is 5.56 Å². The van der Waals surface area contributed by atoms with Crippen molar-refractivity contribution in [2.24, 2.45) is 5.92 Å². The van der Waals surface area contributed by atoms with Gasteiger partial charge in [0.2, 0.25) is 5.75 Å². The molecule has 0 radical (unpaired) electrons. The van der Waals surface area contributed by atoms with Crippen molar-refractivity contribution in [2.75, 3.05) is 6.67 Å². The Balaban J connectivity index is 1.63. The monoisotopic (exact) mass is 442 g/mol. The van der Waals surface area contributed by atoms with Gasteiger partial charge in [-0.25, -0.2) is 13.2 Å². The molecule has 0 bridgehead atoms. The number of allylic oxidation sites excluding steroid dienone is 2. The highest BCUT2D eigenvalue weighted by molar-refractivity contribution is 5.65. The van der Waals surface area contributed by atoms with Crippen LogP contribution in [0.3, 0.4) is 0 Å². The molecule has 0 aromatic heterocycles. The second kappa shape index (κ2) is 10.2. The van der Waals surface area contributed by atoms with E-state index in [9.17, 15) is 26.3 Å². The van der Waals surface area contributed by atoms with Gasteiger partial charge in [-0.2, -0.15) is 0 Å². The maximum atomic E-state index is 14.0. The molecule has 0 amide bonds. The maximum absolute atomic E-state index is 14.0. The van der Waals surface area contributed by atoms with E-state index >= 15 is 0 Å². The number of hydrogen-bond acceptors (Lipinski definition) is 1. The fourth-order valence-electron chi connectivity index (χ4n) is 4.18. The molecule has 2 aromatic rings. The second-order valence-electron chi connectivity index (χ2n) is 7.86. The van der Waals surface area contributed by atoms with Crippen molar-refractivity contribution in [1.29, 1.82) is 0 Å². The fraction of sp³-hybridized carbons (Fsp3) is 0.417. The third-order valence-electron chi connectivity index (χ3n) is 5.78. The van der Waals surface area contributed by atoms with Gasteiger partial charge in [0, 0.05) is 0 Å². The lowest BCUT2D eigenvalue weighted by molar-refractivity contribution is -0.276. The van der Waals surface area contributed by atoms with Gasteiger partial charge < -0.3 is 4.74 Å². The van der Waals surface area contributed by atoms with Crippen LogP contribution < -0.4 is 4.74 Å². The fourth-order valence-corrected chi connectivity index (χ4v) is 4.18. The van der Waals surface area contributed by atoms with Crippen LogP contribution in [0.15, 0.2) is 48.6 Å². The van der Waals surface area contributed by atoms with Crippen molar-refractivity contribution in [2.45, 2.75) is 50.8 Å². The summed E-state index contributed by atoms with van der Waals surface area (Å²) in [5, 5.41) is 0. The van der Waals surface area contributed by atoms with E-state index in [1.165, 1.54) is 0 Å². The molecule has 2 aromatic carbocycles. The number of benzene rings is 2. The zero-order chi connectivity index (χ0) is 22.4. The summed E-state index contributed by atoms with van der Waals surface area (Å²) in [6.07, 6.45) is 4.52. The van der Waals surface area contributed by atoms with E-state index in [1.807, 2.05) is 18.2 Å². The van der Waals surface area contributed by atoms with Crippen LogP contribution in [0.4, 0.5) is 26.3 Å². The van der Waals surface area contributed by atoms with Crippen LogP contribution in [0.25, 0.3) is 11.1 Å². The third-order valence-corrected chi connectivity index (χ3v) is 5.78. The molecule has 1 saturated carbocycles. The molecule has 0 N–H and O–H groups in total. The van der Waals surface area contributed by atoms with Crippen molar-refractivity contribution in [1.82, 2.24) is 0 Å². The molecular formula is C24H24F6O. The van der Waals surface area contributed by atoms with Crippen LogP contribution >= 0.6 is 0 Å². The Morgan fingerprint density at radius 3 is 2.03 bits per heavy atom. The predicted molar refractivity (Wildman–Crippen MR) is 108 cm³/mol. The lowest BCUT2D eigenvalue weighted by atomic mass is 9.77. The zero-order valence-electron chi connectivity index (χ0n) is 16.9. The van der Waals surface area contributed by atoms with Gasteiger partial charge in [-0.15, -0.1) is 13.2 Å². The normalized spacial score (nSPS) is 19.7. The number of ether oxygens (including phenoxy) is 1. The third kappa shape index (κ3) is 6.52. The molecule has 0 spiro atoms. The Hall–Kier alpha value is -2.44. The topological polar surface area (TPSA) is 9.23 Å². The first-order valence-corrected chi connectivity index (χ1v) is 10.3. The Kier molecular flexibility index (Phi) is 7.68. The van der Waals surface area contributed by atoms with Crippen LogP contribution in [-0.4, -0.2) is 13.0 Å². The van der Waals surface area contributed by atoms with Crippen molar-refractivity contribution < 1.29 is 31.1 Å². The van der Waals surface area contributed by atoms with Gasteiger partial charge in [0.05, 0.1) is 0 Å². The summed E-state index contributed by atoms with van der Waals surface area (Å²) in [5.41, 5.74) is 1.78. The van der Waals surface area contributed by atoms with Crippen molar-refractivity contribution in [3.05, 3.63) is 65.7 Å². The first-order valence-electron chi connectivity index (χ1n) is 10.3. The minimum absolute atomic E-state index is 0.140. The van der Waals surface area contributed by atoms with Crippen molar-refractivity contribution in [3.63, 3.8) is 0 Å². The molecule has 0 aliphatic heterocycles. The van der Waals surface area contributed by atoms with Gasteiger partial charge in [-0.3, -0.25) is 0 Å². The quantitative estimate of drug-likeness (QED) is 0.311. The Morgan fingerprint density at radius 1 is 0.871 bits per heavy atom. The molecule has 1 nitrogen and oxygen atoms in total. The Labute approximate surface area is 177 Å². The lowest BCUT2D eigenvalue weighted by Gasteiger charge is -2.28. The van der Waals surface area contributed by atoms with Crippen LogP contribution in [0.1, 0.15) is 50.0 Å². The van der Waals surface area contributed by atoms with E-state index in [0.29, 0.717) is 17.4 Å². The molecule has 7 heteroatoms. The highest BCUT2D eigenvalue weighted by atomic mass is 19.4. The molecule has 31 heavy (non-hydrogen) atoms. The molecular weight excluding hydrogens is 418 g/mol. The van der Waals surface area contributed by atoms with Gasteiger partial charge in [0.1, 0.15) is 6.67 Å². The first kappa shape index (κ1) is 23.2. The minimum atomic E-state index is -5.17. The van der Waals surface area contributed by atoms with Crippen molar-refractivity contribution >= 4 is 0 Å². The molecule has 1 aliphatic carbocycles. The van der Waals surface area contributed by atoms with E-state index in [2.05, 4.69) is 4.74 Å². The van der Waals surface area contributed by atoms with Gasteiger partial charge in [0.15, 0.2) is 11.6 Å². The largest absolute Gasteiger partial charge is 0.573 e. The molecule has 0 atom stereocenters. The summed E-state index contributed by atoms with van der Waals surface area (Å²) < 4.78 is 80.3. The highest BCUT2D eigenvalue weighted by Crippen LogP contribution is 2.38. The molecule has 168 valence electrons. The summed E-state index contributed by atoms with van der Waals surface area (Å²) in [4.78, 5) is 0. The van der Waals surface area contributed by atoms with Gasteiger partial charge in [-0.05, 0) is 79.2 Å². The summed E-state index contributed by atoms with van der Waals surface area (Å²) in [6, 6.07) is 8.92. The number of halogens is 6. The highest BCUT2D eigenvalue weighted by Gasteiger charge is 2.34. The number of rotatable bonds is 7. The van der Waals surface area contributed by atoms with E-state index in [4.69, 9.17) is 0 Å². The average molecular weight is 442 g/mol. The lowest BCUT2D eigenvalue weighted by Crippen LogP contribution is -2.19. The predicted octanol–water partition coefficient (Wildman–Crippen LogP) is 8.11. The Morgan fingerprint density at radius 2 is 1.48 bits per heavy atom. The molecule has 3 rings (SSSR count). The van der Waals surface area contributed by atoms with Crippen LogP contribution in [0, 0.1) is 17.6 Å². The molecule has 1 fully saturated rings. The standard InChI is InChI=1S/C24H24F6O/c25-13-3-1-2-4-16-5-7-17(8-6-16)18-9-11-19(12-10-18)20-14-21(26)23(22(27)15-20)31-24(28,29)30/h1,3,9-12,14-17H,2,4-8,13H2. The van der Waals surface area contributed by atoms with Crippen LogP contribution in [-0.2, 0) is 0 Å². The second-order valence-corrected chi connectivity index (χ2v) is 7.86. The van der Waals surface area contributed by atoms with E-state index in [0.717, 1.165) is 56.2 Å². The summed E-state index contributed by atoms with van der Waals surface area (Å²) >= 11 is 0. The summed E-state index contributed by atoms with van der Waals surface area (Å²) in [6.45, 7) is -0.423. The molecule has 0 heterocycles. The van der Waals surface area contributed by atoms with E-state index in [1.54, 1.807) is 18.2 Å². The minimum Gasteiger partial charge on any atom is -0.399 e. The summed E-state index contributed by atoms with van der Waals surface area (Å²) in [7, 11) is 0. The van der Waals surface area contributed by atoms with Gasteiger partial charge in [-0.1, -0.05) is 36.4 Å². The van der Waals surface area contributed by atoms with Crippen LogP contribution in [0.2, 0.25) is 0 Å². The summed E-state index contributed by atoms with van der Waals surface area (Å²) in [5.74, 6) is -3.22.